The molecular weight excluding hydrogens is 444 g/mol. The lowest BCUT2D eigenvalue weighted by molar-refractivity contribution is 0.0597. The minimum atomic E-state index is -0.676. The minimum Gasteiger partial charge on any atom is -0.496 e. The van der Waals surface area contributed by atoms with Gasteiger partial charge in [0.25, 0.3) is 0 Å². The maximum atomic E-state index is 12.0. The molecule has 190 valence electrons. The molecule has 0 aromatic heterocycles. The zero-order chi connectivity index (χ0) is 26.0. The Bertz CT molecular complexity index is 1030. The number of carbonyl (C=O) groups is 1. The van der Waals surface area contributed by atoms with Gasteiger partial charge in [-0.05, 0) is 73.2 Å². The molecule has 0 heterocycles. The lowest BCUT2D eigenvalue weighted by Crippen LogP contribution is -2.33. The molecule has 0 radical (unpaired) electrons. The standard InChI is InChI=1S/C28H38N2O5/c1-20(2)28(19-29,24-9-8-22(17-31)23(16-24)18-32)12-6-13-30(3)14-11-21-7-10-26(34-4)25(15-21)27(33)35-5/h7-10,15-16,20,31-32H,6,11-14,17-18H2,1-5H3. The van der Waals surface area contributed by atoms with Gasteiger partial charge in [0.05, 0.1) is 38.9 Å². The first-order valence-electron chi connectivity index (χ1n) is 11.9. The van der Waals surface area contributed by atoms with Crippen molar-refractivity contribution in [1.29, 1.82) is 5.26 Å². The number of aliphatic hydroxyl groups excluding tert-OH is 2. The minimum absolute atomic E-state index is 0.0837. The zero-order valence-electron chi connectivity index (χ0n) is 21.5. The van der Waals surface area contributed by atoms with E-state index in [2.05, 4.69) is 11.0 Å². The number of carbonyl (C=O) groups excluding carboxylic acids is 1. The third-order valence-corrected chi connectivity index (χ3v) is 6.81. The molecule has 0 fully saturated rings. The van der Waals surface area contributed by atoms with Gasteiger partial charge < -0.3 is 24.6 Å². The molecule has 2 aromatic carbocycles. The van der Waals surface area contributed by atoms with E-state index in [1.54, 1.807) is 12.1 Å². The van der Waals surface area contributed by atoms with Crippen molar-refractivity contribution in [3.63, 3.8) is 0 Å². The van der Waals surface area contributed by atoms with E-state index in [-0.39, 0.29) is 19.1 Å². The summed E-state index contributed by atoms with van der Waals surface area (Å²) < 4.78 is 10.1. The number of methoxy groups -OCH3 is 2. The summed E-state index contributed by atoms with van der Waals surface area (Å²) in [4.78, 5) is 14.3. The van der Waals surface area contributed by atoms with Crippen LogP contribution in [0.4, 0.5) is 0 Å². The van der Waals surface area contributed by atoms with Crippen LogP contribution in [0.15, 0.2) is 36.4 Å². The number of nitrogens with zero attached hydrogens (tertiary/aromatic N) is 2. The molecule has 7 nitrogen and oxygen atoms in total. The fourth-order valence-electron chi connectivity index (χ4n) is 4.46. The highest BCUT2D eigenvalue weighted by molar-refractivity contribution is 5.92. The largest absolute Gasteiger partial charge is 0.496 e. The Labute approximate surface area is 208 Å². The van der Waals surface area contributed by atoms with Gasteiger partial charge in [0.2, 0.25) is 0 Å². The van der Waals surface area contributed by atoms with Crippen LogP contribution in [0.2, 0.25) is 0 Å². The summed E-state index contributed by atoms with van der Waals surface area (Å²) in [5.41, 5.74) is 2.98. The molecule has 35 heavy (non-hydrogen) atoms. The molecule has 1 unspecified atom stereocenters. The normalized spacial score (nSPS) is 12.9. The van der Waals surface area contributed by atoms with Gasteiger partial charge in [-0.2, -0.15) is 5.26 Å². The van der Waals surface area contributed by atoms with Crippen LogP contribution in [-0.4, -0.2) is 55.4 Å². The number of rotatable bonds is 13. The Morgan fingerprint density at radius 3 is 2.37 bits per heavy atom. The maximum Gasteiger partial charge on any atom is 0.341 e. The lowest BCUT2D eigenvalue weighted by Gasteiger charge is -2.32. The summed E-state index contributed by atoms with van der Waals surface area (Å²) in [6, 6.07) is 13.7. The molecule has 0 aliphatic heterocycles. The number of benzene rings is 2. The first-order chi connectivity index (χ1) is 16.8. The van der Waals surface area contributed by atoms with Gasteiger partial charge in [-0.3, -0.25) is 0 Å². The van der Waals surface area contributed by atoms with E-state index < -0.39 is 11.4 Å². The number of nitriles is 1. The van der Waals surface area contributed by atoms with Gasteiger partial charge in [-0.15, -0.1) is 0 Å². The number of hydrogen-bond acceptors (Lipinski definition) is 7. The Morgan fingerprint density at radius 2 is 1.80 bits per heavy atom. The fraction of sp³-hybridized carbons (Fsp3) is 0.500. The fourth-order valence-corrected chi connectivity index (χ4v) is 4.46. The highest BCUT2D eigenvalue weighted by atomic mass is 16.5. The van der Waals surface area contributed by atoms with Crippen LogP contribution < -0.4 is 4.74 Å². The molecule has 0 amide bonds. The second kappa shape index (κ2) is 13.2. The van der Waals surface area contributed by atoms with E-state index >= 15 is 0 Å². The van der Waals surface area contributed by atoms with Crippen LogP contribution in [0, 0.1) is 17.2 Å². The van der Waals surface area contributed by atoms with E-state index in [4.69, 9.17) is 9.47 Å². The maximum absolute atomic E-state index is 12.0. The number of likely N-dealkylation sites (N-methyl/N-ethyl adjacent to an activating group) is 1. The van der Waals surface area contributed by atoms with Gasteiger partial charge in [0.15, 0.2) is 0 Å². The summed E-state index contributed by atoms with van der Waals surface area (Å²) in [6.07, 6.45) is 2.28. The van der Waals surface area contributed by atoms with E-state index in [1.165, 1.54) is 14.2 Å². The van der Waals surface area contributed by atoms with Gasteiger partial charge in [0.1, 0.15) is 11.3 Å². The predicted octanol–water partition coefficient (Wildman–Crippen LogP) is 3.84. The Morgan fingerprint density at radius 1 is 1.09 bits per heavy atom. The van der Waals surface area contributed by atoms with Crippen molar-refractivity contribution in [3.05, 3.63) is 64.2 Å². The Kier molecular flexibility index (Phi) is 10.7. The highest BCUT2D eigenvalue weighted by Gasteiger charge is 2.36. The summed E-state index contributed by atoms with van der Waals surface area (Å²) in [5, 5.41) is 29.4. The van der Waals surface area contributed by atoms with Crippen LogP contribution in [-0.2, 0) is 29.8 Å². The van der Waals surface area contributed by atoms with Crippen molar-refractivity contribution in [2.75, 3.05) is 34.4 Å². The van der Waals surface area contributed by atoms with E-state index in [9.17, 15) is 20.3 Å². The van der Waals surface area contributed by atoms with Crippen molar-refractivity contribution in [1.82, 2.24) is 4.90 Å². The molecule has 0 saturated heterocycles. The summed E-state index contributed by atoms with van der Waals surface area (Å²) in [5.74, 6) is 0.155. The number of ether oxygens (including phenoxy) is 2. The van der Waals surface area contributed by atoms with Crippen LogP contribution in [0.3, 0.4) is 0 Å². The Balaban J connectivity index is 2.05. The lowest BCUT2D eigenvalue weighted by atomic mass is 9.69. The second-order valence-electron chi connectivity index (χ2n) is 9.22. The predicted molar refractivity (Wildman–Crippen MR) is 135 cm³/mol. The molecule has 0 aliphatic carbocycles. The molecule has 0 aliphatic rings. The van der Waals surface area contributed by atoms with Crippen LogP contribution in [0.1, 0.15) is 59.3 Å². The first kappa shape index (κ1) is 28.3. The van der Waals surface area contributed by atoms with Gasteiger partial charge in [-0.1, -0.05) is 38.1 Å². The summed E-state index contributed by atoms with van der Waals surface area (Å²) in [6.45, 7) is 5.40. The third-order valence-electron chi connectivity index (χ3n) is 6.81. The zero-order valence-corrected chi connectivity index (χ0v) is 21.5. The molecule has 0 spiro atoms. The van der Waals surface area contributed by atoms with E-state index in [0.717, 1.165) is 37.1 Å². The molecule has 7 heteroatoms. The molecule has 1 atom stereocenters. The van der Waals surface area contributed by atoms with E-state index in [0.29, 0.717) is 28.9 Å². The van der Waals surface area contributed by atoms with Gasteiger partial charge in [-0.25, -0.2) is 4.79 Å². The molecular formula is C28H38N2O5. The SMILES string of the molecule is COC(=O)c1cc(CCN(C)CCCC(C#N)(c2ccc(CO)c(CO)c2)C(C)C)ccc1OC. The van der Waals surface area contributed by atoms with Crippen LogP contribution in [0.5, 0.6) is 5.75 Å². The van der Waals surface area contributed by atoms with Crippen LogP contribution in [0.25, 0.3) is 0 Å². The first-order valence-corrected chi connectivity index (χ1v) is 11.9. The topological polar surface area (TPSA) is 103 Å². The van der Waals surface area contributed by atoms with Crippen molar-refractivity contribution in [2.24, 2.45) is 5.92 Å². The number of hydrogen-bond donors (Lipinski definition) is 2. The monoisotopic (exact) mass is 482 g/mol. The average molecular weight is 483 g/mol. The number of esters is 1. The quantitative estimate of drug-likeness (QED) is 0.418. The number of aliphatic hydroxyl groups is 2. The second-order valence-corrected chi connectivity index (χ2v) is 9.22. The third kappa shape index (κ3) is 6.82. The van der Waals surface area contributed by atoms with Crippen molar-refractivity contribution in [2.45, 2.75) is 51.7 Å². The Hall–Kier alpha value is -2.92. The van der Waals surface area contributed by atoms with Gasteiger partial charge >= 0.3 is 5.97 Å². The van der Waals surface area contributed by atoms with Crippen LogP contribution >= 0.6 is 0 Å². The highest BCUT2D eigenvalue weighted by Crippen LogP contribution is 2.37. The summed E-state index contributed by atoms with van der Waals surface area (Å²) >= 11 is 0. The van der Waals surface area contributed by atoms with Crippen molar-refractivity contribution < 1.29 is 24.5 Å². The smallest absolute Gasteiger partial charge is 0.341 e. The molecule has 2 N–H and O–H groups in total. The van der Waals surface area contributed by atoms with Crippen molar-refractivity contribution in [3.8, 4) is 11.8 Å². The molecule has 2 aromatic rings. The summed E-state index contributed by atoms with van der Waals surface area (Å²) in [7, 11) is 4.93. The molecule has 0 saturated carbocycles. The van der Waals surface area contributed by atoms with Crippen molar-refractivity contribution >= 4 is 5.97 Å². The molecule has 0 bridgehead atoms. The molecule has 2 rings (SSSR count). The average Bonchev–Trinajstić information content (AvgIpc) is 2.88. The van der Waals surface area contributed by atoms with Gasteiger partial charge in [0, 0.05) is 6.54 Å². The van der Waals surface area contributed by atoms with E-state index in [1.807, 2.05) is 45.2 Å².